The van der Waals surface area contributed by atoms with Crippen molar-refractivity contribution in [1.82, 2.24) is 4.98 Å². The number of aromatic nitrogens is 1. The molecule has 0 saturated carbocycles. The third-order valence-electron chi connectivity index (χ3n) is 6.27. The Hall–Kier alpha value is -4.04. The van der Waals surface area contributed by atoms with Crippen LogP contribution in [-0.2, 0) is 16.0 Å². The fourth-order valence-electron chi connectivity index (χ4n) is 4.69. The minimum absolute atomic E-state index is 0.0152. The van der Waals surface area contributed by atoms with Crippen molar-refractivity contribution in [3.05, 3.63) is 94.8 Å². The molecule has 0 unspecified atom stereocenters. The summed E-state index contributed by atoms with van der Waals surface area (Å²) in [6.07, 6.45) is 0.719. The van der Waals surface area contributed by atoms with Crippen molar-refractivity contribution in [3.63, 3.8) is 0 Å². The van der Waals surface area contributed by atoms with Gasteiger partial charge in [-0.3, -0.25) is 14.5 Å². The van der Waals surface area contributed by atoms with Crippen molar-refractivity contribution in [2.45, 2.75) is 25.5 Å². The van der Waals surface area contributed by atoms with Crippen molar-refractivity contribution >= 4 is 44.1 Å². The highest BCUT2D eigenvalue weighted by Gasteiger charge is 2.48. The lowest BCUT2D eigenvalue weighted by molar-refractivity contribution is -0.132. The lowest BCUT2D eigenvalue weighted by Crippen LogP contribution is -2.29. The zero-order valence-electron chi connectivity index (χ0n) is 18.6. The highest BCUT2D eigenvalue weighted by atomic mass is 32.1. The van der Waals surface area contributed by atoms with Gasteiger partial charge in [-0.15, -0.1) is 0 Å². The van der Waals surface area contributed by atoms with Gasteiger partial charge in [0.25, 0.3) is 5.78 Å². The van der Waals surface area contributed by atoms with Crippen LogP contribution in [0, 0.1) is 5.82 Å². The summed E-state index contributed by atoms with van der Waals surface area (Å²) < 4.78 is 20.1. The van der Waals surface area contributed by atoms with Crippen molar-refractivity contribution in [3.8, 4) is 5.75 Å². The van der Waals surface area contributed by atoms with Crippen molar-refractivity contribution in [1.29, 1.82) is 0 Å². The van der Waals surface area contributed by atoms with Crippen LogP contribution in [-0.4, -0.2) is 27.9 Å². The Labute approximate surface area is 203 Å². The van der Waals surface area contributed by atoms with Crippen LogP contribution in [0.4, 0.5) is 9.52 Å². The van der Waals surface area contributed by atoms with Crippen LogP contribution in [0.25, 0.3) is 16.0 Å². The number of carbonyl (C=O) groups is 2. The number of hydrogen-bond donors (Lipinski definition) is 1. The minimum Gasteiger partial charge on any atom is -0.507 e. The number of ketones is 1. The third-order valence-corrected chi connectivity index (χ3v) is 7.29. The quantitative estimate of drug-likeness (QED) is 0.239. The number of benzene rings is 3. The van der Waals surface area contributed by atoms with Gasteiger partial charge < -0.3 is 9.84 Å². The summed E-state index contributed by atoms with van der Waals surface area (Å²) in [4.78, 5) is 32.4. The van der Waals surface area contributed by atoms with E-state index < -0.39 is 23.5 Å². The molecule has 6 nitrogen and oxygen atoms in total. The number of amides is 1. The molecule has 174 valence electrons. The summed E-state index contributed by atoms with van der Waals surface area (Å²) in [6, 6.07) is 17.6. The Bertz CT molecular complexity index is 1550. The minimum atomic E-state index is -0.884. The van der Waals surface area contributed by atoms with Crippen LogP contribution in [0.3, 0.4) is 0 Å². The maximum absolute atomic E-state index is 13.8. The molecule has 4 aromatic rings. The molecule has 1 amide bonds. The fraction of sp³-hybridized carbons (Fsp3) is 0.148. The second-order valence-corrected chi connectivity index (χ2v) is 9.65. The normalized spacial score (nSPS) is 20.9. The lowest BCUT2D eigenvalue weighted by atomic mass is 9.94. The van der Waals surface area contributed by atoms with E-state index in [1.165, 1.54) is 23.1 Å². The maximum Gasteiger partial charge on any atom is 0.301 e. The van der Waals surface area contributed by atoms with Crippen LogP contribution in [0.1, 0.15) is 29.7 Å². The molecule has 2 atom stereocenters. The fourth-order valence-corrected chi connectivity index (χ4v) is 5.71. The summed E-state index contributed by atoms with van der Waals surface area (Å²) >= 11 is 1.12. The van der Waals surface area contributed by atoms with E-state index in [-0.39, 0.29) is 22.6 Å². The molecule has 6 rings (SSSR count). The average Bonchev–Trinajstić information content (AvgIpc) is 3.51. The number of fused-ring (bicyclic) bond motifs is 2. The number of Topliss-reactive ketones (excluding diaryl/α,β-unsaturated/α-hetero) is 1. The van der Waals surface area contributed by atoms with Gasteiger partial charge in [-0.05, 0) is 54.4 Å². The lowest BCUT2D eigenvalue weighted by Gasteiger charge is -2.23. The van der Waals surface area contributed by atoms with E-state index in [1.54, 1.807) is 42.5 Å². The van der Waals surface area contributed by atoms with Crippen LogP contribution in [0.2, 0.25) is 0 Å². The first kappa shape index (κ1) is 21.5. The van der Waals surface area contributed by atoms with E-state index in [0.717, 1.165) is 22.6 Å². The first-order valence-corrected chi connectivity index (χ1v) is 11.9. The molecule has 3 heterocycles. The Morgan fingerprint density at radius 1 is 1.11 bits per heavy atom. The molecule has 0 aliphatic carbocycles. The van der Waals surface area contributed by atoms with Gasteiger partial charge >= 0.3 is 5.91 Å². The Morgan fingerprint density at radius 2 is 1.91 bits per heavy atom. The van der Waals surface area contributed by atoms with E-state index in [1.807, 2.05) is 13.0 Å². The second kappa shape index (κ2) is 8.02. The second-order valence-electron chi connectivity index (χ2n) is 8.64. The first-order valence-electron chi connectivity index (χ1n) is 11.1. The molecule has 2 aliphatic heterocycles. The van der Waals surface area contributed by atoms with Crippen LogP contribution in [0.15, 0.2) is 72.3 Å². The van der Waals surface area contributed by atoms with Crippen LogP contribution in [0.5, 0.6) is 5.75 Å². The number of nitrogens with zero attached hydrogens (tertiary/aromatic N) is 2. The molecule has 0 bridgehead atoms. The molecule has 8 heteroatoms. The Morgan fingerprint density at radius 3 is 2.71 bits per heavy atom. The molecular weight excluding hydrogens is 467 g/mol. The SMILES string of the molecule is C[C@@H]1Cc2cc(/C(O)=C3\C(=O)C(=O)N(c4nc5ccc(F)cc5s4)[C@H]3c3ccccc3)ccc2O1. The van der Waals surface area contributed by atoms with E-state index in [2.05, 4.69) is 4.98 Å². The van der Waals surface area contributed by atoms with Crippen LogP contribution < -0.4 is 9.64 Å². The molecule has 2 aliphatic rings. The number of aliphatic hydroxyl groups excluding tert-OH is 1. The maximum atomic E-state index is 13.8. The number of carbonyl (C=O) groups excluding carboxylic acids is 2. The number of ether oxygens (including phenoxy) is 1. The van der Waals surface area contributed by atoms with Crippen LogP contribution >= 0.6 is 11.3 Å². The van der Waals surface area contributed by atoms with Gasteiger partial charge in [-0.25, -0.2) is 9.37 Å². The van der Waals surface area contributed by atoms with Gasteiger partial charge in [-0.2, -0.15) is 0 Å². The number of halogens is 1. The van der Waals surface area contributed by atoms with E-state index in [0.29, 0.717) is 27.8 Å². The largest absolute Gasteiger partial charge is 0.507 e. The zero-order chi connectivity index (χ0) is 24.3. The highest BCUT2D eigenvalue weighted by Crippen LogP contribution is 2.44. The number of thiazole rings is 1. The summed E-state index contributed by atoms with van der Waals surface area (Å²) in [5, 5.41) is 11.6. The van der Waals surface area contributed by atoms with Crippen molar-refractivity contribution < 1.29 is 23.8 Å². The predicted molar refractivity (Wildman–Crippen MR) is 131 cm³/mol. The van der Waals surface area contributed by atoms with Crippen molar-refractivity contribution in [2.24, 2.45) is 0 Å². The van der Waals surface area contributed by atoms with E-state index in [4.69, 9.17) is 4.74 Å². The molecule has 3 aromatic carbocycles. The number of rotatable bonds is 3. The molecule has 35 heavy (non-hydrogen) atoms. The highest BCUT2D eigenvalue weighted by molar-refractivity contribution is 7.22. The Kier molecular flexibility index (Phi) is 4.93. The summed E-state index contributed by atoms with van der Waals surface area (Å²) in [7, 11) is 0. The van der Waals surface area contributed by atoms with Gasteiger partial charge in [0.1, 0.15) is 23.4 Å². The molecule has 1 fully saturated rings. The van der Waals surface area contributed by atoms with Gasteiger partial charge in [0.05, 0.1) is 21.8 Å². The molecular formula is C27H19FN2O4S. The number of anilines is 1. The zero-order valence-corrected chi connectivity index (χ0v) is 19.4. The van der Waals surface area contributed by atoms with Crippen molar-refractivity contribution in [2.75, 3.05) is 4.90 Å². The summed E-state index contributed by atoms with van der Waals surface area (Å²) in [5.41, 5.74) is 2.52. The molecule has 0 radical (unpaired) electrons. The molecule has 1 saturated heterocycles. The van der Waals surface area contributed by atoms with E-state index >= 15 is 0 Å². The van der Waals surface area contributed by atoms with Gasteiger partial charge in [0.2, 0.25) is 0 Å². The standard InChI is InChI=1S/C27H19FN2O4S/c1-14-11-17-12-16(7-10-20(17)34-14)24(31)22-23(15-5-3-2-4-6-15)30(26(33)25(22)32)27-29-19-9-8-18(28)13-21(19)35-27/h2-10,12-14,23,31H,11H2,1H3/b24-22+/t14-,23+/m1/s1. The molecule has 1 aromatic heterocycles. The average molecular weight is 487 g/mol. The third kappa shape index (κ3) is 3.49. The first-order chi connectivity index (χ1) is 16.9. The smallest absolute Gasteiger partial charge is 0.301 e. The van der Waals surface area contributed by atoms with Gasteiger partial charge in [0.15, 0.2) is 5.13 Å². The topological polar surface area (TPSA) is 79.7 Å². The Balaban J connectivity index is 1.53. The van der Waals surface area contributed by atoms with E-state index in [9.17, 15) is 19.1 Å². The molecule has 1 N–H and O–H groups in total. The van der Waals surface area contributed by atoms with Gasteiger partial charge in [-0.1, -0.05) is 41.7 Å². The number of hydrogen-bond acceptors (Lipinski definition) is 6. The predicted octanol–water partition coefficient (Wildman–Crippen LogP) is 5.39. The molecule has 0 spiro atoms. The summed E-state index contributed by atoms with van der Waals surface area (Å²) in [5.74, 6) is -1.51. The monoisotopic (exact) mass is 486 g/mol. The number of aliphatic hydroxyl groups is 1. The summed E-state index contributed by atoms with van der Waals surface area (Å²) in [6.45, 7) is 1.96. The van der Waals surface area contributed by atoms with Gasteiger partial charge in [0, 0.05) is 12.0 Å².